The van der Waals surface area contributed by atoms with Gasteiger partial charge < -0.3 is 4.74 Å². The van der Waals surface area contributed by atoms with Crippen molar-refractivity contribution >= 4 is 39.0 Å². The third-order valence-electron chi connectivity index (χ3n) is 6.13. The molecule has 5 rings (SSSR count). The first-order valence-electron chi connectivity index (χ1n) is 8.87. The standard InChI is InChI=1S/C18H21BrClN3O2/c1-2-25-16(24)18-5-3-4-17(6-8-18,7-9-18)15-22-13(19)12-14(20)21-10-11-23(12)15/h10-11H,2-9H2,1H3. The van der Waals surface area contributed by atoms with Crippen LogP contribution in [-0.4, -0.2) is 26.9 Å². The van der Waals surface area contributed by atoms with Crippen LogP contribution in [-0.2, 0) is 14.9 Å². The number of imidazole rings is 1. The Balaban J connectivity index is 1.74. The Bertz CT molecular complexity index is 827. The second-order valence-corrected chi connectivity index (χ2v) is 8.41. The summed E-state index contributed by atoms with van der Waals surface area (Å²) in [5, 5.41) is 0.454. The van der Waals surface area contributed by atoms with Crippen LogP contribution in [0.15, 0.2) is 17.0 Å². The molecule has 3 fully saturated rings. The lowest BCUT2D eigenvalue weighted by atomic mass is 9.64. The zero-order chi connectivity index (χ0) is 17.7. The summed E-state index contributed by atoms with van der Waals surface area (Å²) in [6.07, 6.45) is 10.3. The maximum Gasteiger partial charge on any atom is 0.312 e. The number of hydrogen-bond donors (Lipinski definition) is 0. The first-order chi connectivity index (χ1) is 12.0. The Hall–Kier alpha value is -1.14. The number of hydrogen-bond acceptors (Lipinski definition) is 4. The van der Waals surface area contributed by atoms with E-state index in [4.69, 9.17) is 21.3 Å². The van der Waals surface area contributed by atoms with E-state index < -0.39 is 0 Å². The molecule has 0 saturated heterocycles. The van der Waals surface area contributed by atoms with Gasteiger partial charge in [-0.15, -0.1) is 0 Å². The van der Waals surface area contributed by atoms with Gasteiger partial charge in [-0.3, -0.25) is 9.20 Å². The van der Waals surface area contributed by atoms with E-state index in [9.17, 15) is 4.79 Å². The molecular weight excluding hydrogens is 406 g/mol. The van der Waals surface area contributed by atoms with E-state index in [1.165, 1.54) is 0 Å². The quantitative estimate of drug-likeness (QED) is 0.668. The van der Waals surface area contributed by atoms with Gasteiger partial charge in [0.1, 0.15) is 15.9 Å². The molecule has 0 aliphatic heterocycles. The summed E-state index contributed by atoms with van der Waals surface area (Å²) in [5.41, 5.74) is 0.519. The second-order valence-electron chi connectivity index (χ2n) is 7.30. The minimum absolute atomic E-state index is 0.00750. The Morgan fingerprint density at radius 3 is 2.80 bits per heavy atom. The smallest absolute Gasteiger partial charge is 0.312 e. The first kappa shape index (κ1) is 17.3. The molecule has 7 heteroatoms. The molecule has 0 radical (unpaired) electrons. The summed E-state index contributed by atoms with van der Waals surface area (Å²) >= 11 is 9.83. The van der Waals surface area contributed by atoms with Crippen LogP contribution in [0.2, 0.25) is 5.15 Å². The maximum absolute atomic E-state index is 12.6. The minimum atomic E-state index is -0.292. The molecule has 0 aromatic carbocycles. The van der Waals surface area contributed by atoms with Crippen LogP contribution in [0.3, 0.4) is 0 Å². The topological polar surface area (TPSA) is 56.5 Å². The van der Waals surface area contributed by atoms with Gasteiger partial charge in [-0.1, -0.05) is 18.0 Å². The van der Waals surface area contributed by atoms with Crippen LogP contribution < -0.4 is 0 Å². The van der Waals surface area contributed by atoms with Crippen LogP contribution in [0.4, 0.5) is 0 Å². The molecule has 3 aliphatic carbocycles. The second kappa shape index (κ2) is 6.23. The van der Waals surface area contributed by atoms with Gasteiger partial charge in [0.25, 0.3) is 0 Å². The summed E-state index contributed by atoms with van der Waals surface area (Å²) in [5.74, 6) is 1.03. The predicted molar refractivity (Wildman–Crippen MR) is 98.8 cm³/mol. The summed E-state index contributed by atoms with van der Waals surface area (Å²) in [6, 6.07) is 0. The van der Waals surface area contributed by atoms with E-state index in [1.54, 1.807) is 6.20 Å². The van der Waals surface area contributed by atoms with E-state index in [2.05, 4.69) is 25.3 Å². The molecular formula is C18H21BrClN3O2. The van der Waals surface area contributed by atoms with Crippen molar-refractivity contribution in [2.45, 2.75) is 57.3 Å². The van der Waals surface area contributed by atoms with Gasteiger partial charge in [0.15, 0.2) is 5.15 Å². The number of ether oxygens (including phenoxy) is 1. The number of nitrogens with zero attached hydrogens (tertiary/aromatic N) is 3. The van der Waals surface area contributed by atoms with Crippen molar-refractivity contribution in [2.24, 2.45) is 5.41 Å². The molecule has 25 heavy (non-hydrogen) atoms. The van der Waals surface area contributed by atoms with E-state index in [0.717, 1.165) is 60.9 Å². The molecule has 0 unspecified atom stereocenters. The Morgan fingerprint density at radius 2 is 2.08 bits per heavy atom. The Morgan fingerprint density at radius 1 is 1.32 bits per heavy atom. The van der Waals surface area contributed by atoms with Crippen molar-refractivity contribution < 1.29 is 9.53 Å². The van der Waals surface area contributed by atoms with Crippen molar-refractivity contribution in [1.82, 2.24) is 14.4 Å². The maximum atomic E-state index is 12.6. The van der Waals surface area contributed by atoms with Crippen LogP contribution in [0.25, 0.3) is 5.52 Å². The molecule has 0 atom stereocenters. The third-order valence-corrected chi connectivity index (χ3v) is 6.95. The zero-order valence-electron chi connectivity index (χ0n) is 14.2. The van der Waals surface area contributed by atoms with Crippen LogP contribution in [0.1, 0.15) is 57.7 Å². The minimum Gasteiger partial charge on any atom is -0.466 e. The predicted octanol–water partition coefficient (Wildman–Crippen LogP) is 4.69. The number of carbonyl (C=O) groups excluding carboxylic acids is 1. The molecule has 0 spiro atoms. The van der Waals surface area contributed by atoms with Crippen LogP contribution >= 0.6 is 27.5 Å². The van der Waals surface area contributed by atoms with Gasteiger partial charge in [0.2, 0.25) is 0 Å². The molecule has 134 valence electrons. The highest BCUT2D eigenvalue weighted by atomic mass is 79.9. The van der Waals surface area contributed by atoms with Gasteiger partial charge >= 0.3 is 5.97 Å². The first-order valence-corrected chi connectivity index (χ1v) is 10.0. The van der Waals surface area contributed by atoms with E-state index in [-0.39, 0.29) is 16.8 Å². The highest BCUT2D eigenvalue weighted by Crippen LogP contribution is 2.55. The SMILES string of the molecule is CCOC(=O)C12CCCC(c3nc(Br)c4c(Cl)nccn34)(CC1)CC2. The van der Waals surface area contributed by atoms with Crippen LogP contribution in [0, 0.1) is 5.41 Å². The van der Waals surface area contributed by atoms with Gasteiger partial charge in [0, 0.05) is 17.8 Å². The lowest BCUT2D eigenvalue weighted by Gasteiger charge is -2.40. The molecule has 2 heterocycles. The molecule has 5 nitrogen and oxygen atoms in total. The lowest BCUT2D eigenvalue weighted by Crippen LogP contribution is -2.40. The fraction of sp³-hybridized carbons (Fsp3) is 0.611. The van der Waals surface area contributed by atoms with Crippen LogP contribution in [0.5, 0.6) is 0 Å². The summed E-state index contributed by atoms with van der Waals surface area (Å²) in [4.78, 5) is 21.6. The molecule has 0 amide bonds. The molecule has 3 aliphatic rings. The lowest BCUT2D eigenvalue weighted by molar-refractivity contribution is -0.158. The van der Waals surface area contributed by atoms with E-state index >= 15 is 0 Å². The monoisotopic (exact) mass is 425 g/mol. The molecule has 2 aromatic rings. The van der Waals surface area contributed by atoms with Gasteiger partial charge in [0.05, 0.1) is 12.0 Å². The summed E-state index contributed by atoms with van der Waals surface area (Å²) < 4.78 is 8.20. The largest absolute Gasteiger partial charge is 0.466 e. The number of fused-ring (bicyclic) bond motifs is 5. The molecule has 2 aromatic heterocycles. The van der Waals surface area contributed by atoms with Crippen molar-refractivity contribution in [3.63, 3.8) is 0 Å². The van der Waals surface area contributed by atoms with Crippen molar-refractivity contribution in [3.05, 3.63) is 28.0 Å². The Labute approximate surface area is 160 Å². The van der Waals surface area contributed by atoms with Crippen molar-refractivity contribution in [3.8, 4) is 0 Å². The average Bonchev–Trinajstić information content (AvgIpc) is 2.76. The molecule has 0 N–H and O–H groups in total. The van der Waals surface area contributed by atoms with E-state index in [0.29, 0.717) is 11.8 Å². The summed E-state index contributed by atoms with van der Waals surface area (Å²) in [6.45, 7) is 2.33. The average molecular weight is 427 g/mol. The van der Waals surface area contributed by atoms with Crippen molar-refractivity contribution in [2.75, 3.05) is 6.61 Å². The fourth-order valence-electron chi connectivity index (χ4n) is 4.73. The normalized spacial score (nSPS) is 28.9. The number of halogens is 2. The van der Waals surface area contributed by atoms with Gasteiger partial charge in [-0.25, -0.2) is 9.97 Å². The summed E-state index contributed by atoms with van der Waals surface area (Å²) in [7, 11) is 0. The van der Waals surface area contributed by atoms with E-state index in [1.807, 2.05) is 13.1 Å². The van der Waals surface area contributed by atoms with Gasteiger partial charge in [-0.2, -0.15) is 0 Å². The highest BCUT2D eigenvalue weighted by Gasteiger charge is 2.52. The number of rotatable bonds is 3. The fourth-order valence-corrected chi connectivity index (χ4v) is 5.63. The number of carbonyl (C=O) groups is 1. The Kier molecular flexibility index (Phi) is 4.31. The zero-order valence-corrected chi connectivity index (χ0v) is 16.6. The van der Waals surface area contributed by atoms with Crippen molar-refractivity contribution in [1.29, 1.82) is 0 Å². The number of aromatic nitrogens is 3. The molecule has 3 saturated carbocycles. The van der Waals surface area contributed by atoms with Gasteiger partial charge in [-0.05, 0) is 61.4 Å². The molecule has 2 bridgehead atoms. The third kappa shape index (κ3) is 2.60. The number of esters is 1. The highest BCUT2D eigenvalue weighted by molar-refractivity contribution is 9.10.